The van der Waals surface area contributed by atoms with Gasteiger partial charge in [0.05, 0.1) is 17.4 Å². The third-order valence-electron chi connectivity index (χ3n) is 6.94. The summed E-state index contributed by atoms with van der Waals surface area (Å²) in [6.07, 6.45) is 6.22. The average Bonchev–Trinajstić information content (AvgIpc) is 3.09. The van der Waals surface area contributed by atoms with Gasteiger partial charge < -0.3 is 9.47 Å². The fraction of sp³-hybridized carbons (Fsp3) is 0.667. The summed E-state index contributed by atoms with van der Waals surface area (Å²) in [5.41, 5.74) is -3.73. The molecule has 4 rings (SSSR count). The van der Waals surface area contributed by atoms with Crippen molar-refractivity contribution in [1.29, 1.82) is 0 Å². The number of ether oxygens (including phenoxy) is 2. The van der Waals surface area contributed by atoms with Crippen LogP contribution in [-0.2, 0) is 19.1 Å². The Hall–Kier alpha value is -1.95. The number of amides is 2. The molecular formula is C21H27NO5. The molecule has 2 amide bonds. The molecule has 5 atom stereocenters. The minimum absolute atomic E-state index is 0.0995. The van der Waals surface area contributed by atoms with Gasteiger partial charge in [-0.05, 0) is 46.1 Å². The van der Waals surface area contributed by atoms with E-state index in [4.69, 9.17) is 9.47 Å². The van der Waals surface area contributed by atoms with Crippen LogP contribution in [0.1, 0.15) is 53.4 Å². The van der Waals surface area contributed by atoms with E-state index in [9.17, 15) is 14.4 Å². The molecule has 2 bridgehead atoms. The monoisotopic (exact) mass is 373 g/mol. The predicted molar refractivity (Wildman–Crippen MR) is 97.5 cm³/mol. The molecule has 0 aromatic heterocycles. The van der Waals surface area contributed by atoms with Crippen molar-refractivity contribution in [2.75, 3.05) is 0 Å². The highest BCUT2D eigenvalue weighted by molar-refractivity contribution is 6.01. The summed E-state index contributed by atoms with van der Waals surface area (Å²) >= 11 is 0. The second kappa shape index (κ2) is 5.31. The van der Waals surface area contributed by atoms with Crippen molar-refractivity contribution in [1.82, 2.24) is 4.90 Å². The van der Waals surface area contributed by atoms with Gasteiger partial charge >= 0.3 is 6.09 Å². The average molecular weight is 373 g/mol. The number of ketones is 1. The number of Topliss-reactive ketones (excluding diaryl/α,β-unsaturated/α-hetero) is 1. The number of carbonyl (C=O) groups excluding carboxylic acids is 3. The van der Waals surface area contributed by atoms with E-state index in [-0.39, 0.29) is 11.7 Å². The molecule has 1 spiro atoms. The van der Waals surface area contributed by atoms with Crippen molar-refractivity contribution in [2.24, 2.45) is 16.7 Å². The summed E-state index contributed by atoms with van der Waals surface area (Å²) in [5, 5.41) is 0. The lowest BCUT2D eigenvalue weighted by Gasteiger charge is -2.48. The minimum Gasteiger partial charge on any atom is -0.443 e. The number of hydrogen-bond acceptors (Lipinski definition) is 5. The smallest absolute Gasteiger partial charge is 0.419 e. The van der Waals surface area contributed by atoms with Crippen LogP contribution in [0.4, 0.5) is 4.79 Å². The van der Waals surface area contributed by atoms with E-state index in [0.29, 0.717) is 25.7 Å². The summed E-state index contributed by atoms with van der Waals surface area (Å²) in [7, 11) is 0. The Morgan fingerprint density at radius 3 is 2.78 bits per heavy atom. The Labute approximate surface area is 159 Å². The van der Waals surface area contributed by atoms with E-state index in [1.165, 1.54) is 0 Å². The molecule has 1 aliphatic carbocycles. The molecule has 2 saturated heterocycles. The molecule has 6 heteroatoms. The van der Waals surface area contributed by atoms with E-state index < -0.39 is 40.3 Å². The van der Waals surface area contributed by atoms with E-state index in [1.54, 1.807) is 32.9 Å². The number of carbonyl (C=O) groups is 3. The van der Waals surface area contributed by atoms with Gasteiger partial charge in [0, 0.05) is 11.8 Å². The van der Waals surface area contributed by atoms with E-state index in [0.717, 1.165) is 4.90 Å². The van der Waals surface area contributed by atoms with Crippen molar-refractivity contribution >= 4 is 17.8 Å². The maximum Gasteiger partial charge on any atom is 0.419 e. The standard InChI is InChI=1S/C21H27NO5/c1-6-11-20-14(23)9-7-8-13-16(24)22(17(25)27-18(2,3)4)21(19(13,20)5)12-10-15(20)26-21/h6,10,12-13,15H,1,7-9,11H2,2-5H3/t13-,15?,19-,20-,21+/m0/s1. The SMILES string of the molecule is C=CC[C@]12C(=O)CCC[C@H]3C(=O)N(C(=O)OC(C)(C)C)[C@@]4(C=CC1O4)[C@@]32C. The summed E-state index contributed by atoms with van der Waals surface area (Å²) in [6.45, 7) is 11.1. The first kappa shape index (κ1) is 18.4. The van der Waals surface area contributed by atoms with Crippen LogP contribution in [0.5, 0.6) is 0 Å². The predicted octanol–water partition coefficient (Wildman–Crippen LogP) is 3.37. The van der Waals surface area contributed by atoms with E-state index in [1.807, 2.05) is 13.0 Å². The van der Waals surface area contributed by atoms with Crippen LogP contribution in [-0.4, -0.2) is 40.1 Å². The lowest BCUT2D eigenvalue weighted by molar-refractivity contribution is -0.144. The normalized spacial score (nSPS) is 42.3. The molecule has 0 aromatic carbocycles. The zero-order chi connectivity index (χ0) is 19.8. The largest absolute Gasteiger partial charge is 0.443 e. The lowest BCUT2D eigenvalue weighted by Crippen LogP contribution is -2.59. The molecule has 0 radical (unpaired) electrons. The Bertz CT molecular complexity index is 780. The highest BCUT2D eigenvalue weighted by Gasteiger charge is 2.84. The maximum absolute atomic E-state index is 13.4. The zero-order valence-corrected chi connectivity index (χ0v) is 16.4. The Morgan fingerprint density at radius 2 is 2.15 bits per heavy atom. The van der Waals surface area contributed by atoms with Crippen LogP contribution in [0.2, 0.25) is 0 Å². The molecule has 0 aromatic rings. The molecule has 1 saturated carbocycles. The van der Waals surface area contributed by atoms with E-state index in [2.05, 4.69) is 6.58 Å². The van der Waals surface area contributed by atoms with Crippen molar-refractivity contribution < 1.29 is 23.9 Å². The van der Waals surface area contributed by atoms with Gasteiger partial charge in [0.1, 0.15) is 11.4 Å². The number of fused-ring (bicyclic) bond motifs is 2. The third-order valence-corrected chi connectivity index (χ3v) is 6.94. The van der Waals surface area contributed by atoms with Crippen LogP contribution in [0.15, 0.2) is 24.8 Å². The number of rotatable bonds is 2. The van der Waals surface area contributed by atoms with Crippen molar-refractivity contribution in [2.45, 2.75) is 70.8 Å². The van der Waals surface area contributed by atoms with Gasteiger partial charge in [0.25, 0.3) is 0 Å². The van der Waals surface area contributed by atoms with Crippen molar-refractivity contribution in [3.05, 3.63) is 24.8 Å². The van der Waals surface area contributed by atoms with Crippen LogP contribution in [0.25, 0.3) is 0 Å². The number of allylic oxidation sites excluding steroid dienone is 1. The fourth-order valence-electron chi connectivity index (χ4n) is 5.91. The zero-order valence-electron chi connectivity index (χ0n) is 16.4. The number of nitrogens with zero attached hydrogens (tertiary/aromatic N) is 1. The van der Waals surface area contributed by atoms with Crippen LogP contribution in [0, 0.1) is 16.7 Å². The summed E-state index contributed by atoms with van der Waals surface area (Å²) in [4.78, 5) is 40.9. The van der Waals surface area contributed by atoms with Gasteiger partial charge in [0.2, 0.25) is 5.91 Å². The quantitative estimate of drug-likeness (QED) is 0.694. The van der Waals surface area contributed by atoms with Crippen molar-refractivity contribution in [3.63, 3.8) is 0 Å². The molecule has 0 N–H and O–H groups in total. The molecule has 3 fully saturated rings. The second-order valence-electron chi connectivity index (χ2n) is 9.28. The summed E-state index contributed by atoms with van der Waals surface area (Å²) in [5.74, 6) is -0.672. The highest BCUT2D eigenvalue weighted by atomic mass is 16.6. The minimum atomic E-state index is -1.27. The molecule has 27 heavy (non-hydrogen) atoms. The first-order valence-corrected chi connectivity index (χ1v) is 9.63. The Kier molecular flexibility index (Phi) is 3.62. The Balaban J connectivity index is 1.91. The molecule has 3 aliphatic heterocycles. The molecule has 1 unspecified atom stereocenters. The van der Waals surface area contributed by atoms with Crippen LogP contribution in [0.3, 0.4) is 0 Å². The summed E-state index contributed by atoms with van der Waals surface area (Å²) in [6, 6.07) is 0. The first-order valence-electron chi connectivity index (χ1n) is 9.63. The van der Waals surface area contributed by atoms with Crippen LogP contribution < -0.4 is 0 Å². The van der Waals surface area contributed by atoms with Gasteiger partial charge in [-0.3, -0.25) is 9.59 Å². The first-order chi connectivity index (χ1) is 12.5. The Morgan fingerprint density at radius 1 is 1.44 bits per heavy atom. The molecule has 3 heterocycles. The summed E-state index contributed by atoms with van der Waals surface area (Å²) < 4.78 is 11.9. The topological polar surface area (TPSA) is 72.9 Å². The number of imide groups is 1. The molecule has 146 valence electrons. The molecule has 4 aliphatic rings. The molecular weight excluding hydrogens is 346 g/mol. The van der Waals surface area contributed by atoms with Gasteiger partial charge in [-0.25, -0.2) is 9.69 Å². The fourth-order valence-corrected chi connectivity index (χ4v) is 5.91. The molecule has 6 nitrogen and oxygen atoms in total. The van der Waals surface area contributed by atoms with E-state index >= 15 is 0 Å². The van der Waals surface area contributed by atoms with Crippen LogP contribution >= 0.6 is 0 Å². The lowest BCUT2D eigenvalue weighted by atomic mass is 9.51. The highest BCUT2D eigenvalue weighted by Crippen LogP contribution is 2.73. The second-order valence-corrected chi connectivity index (χ2v) is 9.28. The van der Waals surface area contributed by atoms with Crippen molar-refractivity contribution in [3.8, 4) is 0 Å². The van der Waals surface area contributed by atoms with Gasteiger partial charge in [-0.1, -0.05) is 19.1 Å². The number of likely N-dealkylation sites (tertiary alicyclic amines) is 1. The van der Waals surface area contributed by atoms with Gasteiger partial charge in [-0.15, -0.1) is 6.58 Å². The maximum atomic E-state index is 13.4. The third kappa shape index (κ3) is 1.92. The van der Waals surface area contributed by atoms with Gasteiger partial charge in [0.15, 0.2) is 5.72 Å². The van der Waals surface area contributed by atoms with Gasteiger partial charge in [-0.2, -0.15) is 0 Å². The number of hydrogen-bond donors (Lipinski definition) is 0.